The molecule has 1 aromatic carbocycles. The van der Waals surface area contributed by atoms with Crippen LogP contribution in [0.3, 0.4) is 0 Å². The Labute approximate surface area is 125 Å². The Morgan fingerprint density at radius 3 is 1.45 bits per heavy atom. The fraction of sp³-hybridized carbons (Fsp3) is 0.684. The monoisotopic (exact) mass is 276 g/mol. The molecule has 20 heavy (non-hydrogen) atoms. The van der Waals surface area contributed by atoms with Gasteiger partial charge in [0.2, 0.25) is 0 Å². The lowest BCUT2D eigenvalue weighted by Gasteiger charge is -2.29. The minimum Gasteiger partial charge on any atom is -0.507 e. The molecule has 0 aromatic heterocycles. The summed E-state index contributed by atoms with van der Waals surface area (Å²) in [7, 11) is 0. The number of rotatable bonds is 3. The first-order chi connectivity index (χ1) is 9.02. The molecule has 0 aliphatic rings. The van der Waals surface area contributed by atoms with Gasteiger partial charge in [-0.3, -0.25) is 0 Å². The van der Waals surface area contributed by atoms with Crippen LogP contribution in [0, 0.1) is 0 Å². The Kier molecular flexibility index (Phi) is 4.94. The SMILES string of the molecule is CCC(CC)c1cc(C(C)(C)C)c(O)c(C(C)(C)C)c1. The van der Waals surface area contributed by atoms with Crippen LogP contribution in [0.15, 0.2) is 12.1 Å². The molecule has 1 rings (SSSR count). The summed E-state index contributed by atoms with van der Waals surface area (Å²) in [4.78, 5) is 0. The topological polar surface area (TPSA) is 20.2 Å². The number of phenolic OH excluding ortho intramolecular Hbond substituents is 1. The molecule has 0 aliphatic carbocycles. The van der Waals surface area contributed by atoms with Crippen molar-refractivity contribution in [3.05, 3.63) is 28.8 Å². The van der Waals surface area contributed by atoms with Crippen molar-refractivity contribution in [1.29, 1.82) is 0 Å². The van der Waals surface area contributed by atoms with Gasteiger partial charge >= 0.3 is 0 Å². The van der Waals surface area contributed by atoms with E-state index in [2.05, 4.69) is 67.5 Å². The van der Waals surface area contributed by atoms with Crippen molar-refractivity contribution in [2.24, 2.45) is 0 Å². The van der Waals surface area contributed by atoms with Gasteiger partial charge in [0.15, 0.2) is 0 Å². The first-order valence-electron chi connectivity index (χ1n) is 7.90. The molecule has 0 atom stereocenters. The molecule has 114 valence electrons. The van der Waals surface area contributed by atoms with Gasteiger partial charge in [0.05, 0.1) is 0 Å². The molecule has 1 aromatic rings. The molecule has 1 N–H and O–H groups in total. The standard InChI is InChI=1S/C19H32O/c1-9-13(10-2)14-11-15(18(3,4)5)17(20)16(12-14)19(6,7)8/h11-13,20H,9-10H2,1-8H3. The summed E-state index contributed by atoms with van der Waals surface area (Å²) >= 11 is 0. The Morgan fingerprint density at radius 1 is 0.850 bits per heavy atom. The molecule has 0 radical (unpaired) electrons. The highest BCUT2D eigenvalue weighted by molar-refractivity contribution is 5.50. The lowest BCUT2D eigenvalue weighted by atomic mass is 9.76. The molecule has 1 nitrogen and oxygen atoms in total. The predicted molar refractivity (Wildman–Crippen MR) is 88.8 cm³/mol. The molecular formula is C19H32O. The van der Waals surface area contributed by atoms with Crippen LogP contribution in [0.25, 0.3) is 0 Å². The van der Waals surface area contributed by atoms with E-state index >= 15 is 0 Å². The third kappa shape index (κ3) is 3.56. The Morgan fingerprint density at radius 2 is 1.20 bits per heavy atom. The third-order valence-electron chi connectivity index (χ3n) is 4.21. The smallest absolute Gasteiger partial charge is 0.123 e. The zero-order chi connectivity index (χ0) is 15.7. The van der Waals surface area contributed by atoms with Gasteiger partial charge in [-0.25, -0.2) is 0 Å². The van der Waals surface area contributed by atoms with Crippen LogP contribution in [0.5, 0.6) is 5.75 Å². The van der Waals surface area contributed by atoms with E-state index in [-0.39, 0.29) is 10.8 Å². The van der Waals surface area contributed by atoms with Crippen molar-refractivity contribution >= 4 is 0 Å². The number of hydrogen-bond acceptors (Lipinski definition) is 1. The Bertz CT molecular complexity index is 419. The molecule has 0 fully saturated rings. The lowest BCUT2D eigenvalue weighted by molar-refractivity contribution is 0.421. The van der Waals surface area contributed by atoms with Gasteiger partial charge in [-0.05, 0) is 46.3 Å². The van der Waals surface area contributed by atoms with E-state index < -0.39 is 0 Å². The van der Waals surface area contributed by atoms with Gasteiger partial charge < -0.3 is 5.11 Å². The van der Waals surface area contributed by atoms with Crippen molar-refractivity contribution in [1.82, 2.24) is 0 Å². The Hall–Kier alpha value is -0.980. The highest BCUT2D eigenvalue weighted by atomic mass is 16.3. The van der Waals surface area contributed by atoms with E-state index in [1.807, 2.05) is 0 Å². The molecule has 1 heteroatoms. The van der Waals surface area contributed by atoms with Crippen molar-refractivity contribution < 1.29 is 5.11 Å². The van der Waals surface area contributed by atoms with Crippen LogP contribution in [0.4, 0.5) is 0 Å². The summed E-state index contributed by atoms with van der Waals surface area (Å²) in [6.07, 6.45) is 2.29. The molecule has 0 heterocycles. The van der Waals surface area contributed by atoms with Gasteiger partial charge in [0, 0.05) is 0 Å². The second kappa shape index (κ2) is 5.79. The molecule has 0 amide bonds. The van der Waals surface area contributed by atoms with E-state index in [0.29, 0.717) is 11.7 Å². The van der Waals surface area contributed by atoms with Crippen molar-refractivity contribution in [2.45, 2.75) is 85.0 Å². The molecule has 0 saturated carbocycles. The second-order valence-corrected chi connectivity index (χ2v) is 7.98. The van der Waals surface area contributed by atoms with Crippen LogP contribution in [0.2, 0.25) is 0 Å². The van der Waals surface area contributed by atoms with Crippen LogP contribution >= 0.6 is 0 Å². The van der Waals surface area contributed by atoms with Crippen LogP contribution in [0.1, 0.15) is 90.8 Å². The molecule has 0 bridgehead atoms. The van der Waals surface area contributed by atoms with Crippen LogP contribution in [-0.4, -0.2) is 5.11 Å². The predicted octanol–water partition coefficient (Wildman–Crippen LogP) is 5.89. The van der Waals surface area contributed by atoms with E-state index in [1.54, 1.807) is 0 Å². The second-order valence-electron chi connectivity index (χ2n) is 7.98. The average Bonchev–Trinajstić information content (AvgIpc) is 2.29. The average molecular weight is 276 g/mol. The number of hydrogen-bond donors (Lipinski definition) is 1. The molecule has 0 spiro atoms. The van der Waals surface area contributed by atoms with E-state index in [4.69, 9.17) is 0 Å². The molecule has 0 saturated heterocycles. The Balaban J connectivity index is 3.58. The fourth-order valence-corrected chi connectivity index (χ4v) is 2.80. The maximum absolute atomic E-state index is 10.7. The summed E-state index contributed by atoms with van der Waals surface area (Å²) in [5.41, 5.74) is 3.46. The normalized spacial score (nSPS) is 13.1. The number of benzene rings is 1. The molecule has 0 unspecified atom stereocenters. The van der Waals surface area contributed by atoms with Crippen LogP contribution in [-0.2, 0) is 10.8 Å². The zero-order valence-corrected chi connectivity index (χ0v) is 14.6. The third-order valence-corrected chi connectivity index (χ3v) is 4.21. The van der Waals surface area contributed by atoms with E-state index in [9.17, 15) is 5.11 Å². The van der Waals surface area contributed by atoms with Crippen molar-refractivity contribution in [2.75, 3.05) is 0 Å². The summed E-state index contributed by atoms with van der Waals surface area (Å²) < 4.78 is 0. The van der Waals surface area contributed by atoms with Crippen LogP contribution < -0.4 is 0 Å². The summed E-state index contributed by atoms with van der Waals surface area (Å²) in [5, 5.41) is 10.7. The first kappa shape index (κ1) is 17.1. The van der Waals surface area contributed by atoms with Gasteiger partial charge in [-0.1, -0.05) is 67.5 Å². The summed E-state index contributed by atoms with van der Waals surface area (Å²) in [5.74, 6) is 1.07. The highest BCUT2D eigenvalue weighted by Gasteiger charge is 2.27. The maximum atomic E-state index is 10.7. The van der Waals surface area contributed by atoms with E-state index in [0.717, 1.165) is 24.0 Å². The number of phenols is 1. The fourth-order valence-electron chi connectivity index (χ4n) is 2.80. The number of aromatic hydroxyl groups is 1. The zero-order valence-electron chi connectivity index (χ0n) is 14.6. The van der Waals surface area contributed by atoms with Gasteiger partial charge in [0.1, 0.15) is 5.75 Å². The van der Waals surface area contributed by atoms with Crippen molar-refractivity contribution in [3.8, 4) is 5.75 Å². The summed E-state index contributed by atoms with van der Waals surface area (Å²) in [6, 6.07) is 4.45. The molecule has 0 aliphatic heterocycles. The van der Waals surface area contributed by atoms with Crippen molar-refractivity contribution in [3.63, 3.8) is 0 Å². The first-order valence-corrected chi connectivity index (χ1v) is 7.90. The molecular weight excluding hydrogens is 244 g/mol. The maximum Gasteiger partial charge on any atom is 0.123 e. The largest absolute Gasteiger partial charge is 0.507 e. The quantitative estimate of drug-likeness (QED) is 0.729. The minimum atomic E-state index is -0.0356. The lowest BCUT2D eigenvalue weighted by Crippen LogP contribution is -2.18. The summed E-state index contributed by atoms with van der Waals surface area (Å²) in [6.45, 7) is 17.5. The minimum absolute atomic E-state index is 0.0356. The van der Waals surface area contributed by atoms with Gasteiger partial charge in [0.25, 0.3) is 0 Å². The van der Waals surface area contributed by atoms with Gasteiger partial charge in [-0.15, -0.1) is 0 Å². The van der Waals surface area contributed by atoms with E-state index in [1.165, 1.54) is 5.56 Å². The highest BCUT2D eigenvalue weighted by Crippen LogP contribution is 2.41. The van der Waals surface area contributed by atoms with Gasteiger partial charge in [-0.2, -0.15) is 0 Å².